The Morgan fingerprint density at radius 2 is 1.23 bits per heavy atom. The molecule has 0 unspecified atom stereocenters. The lowest BCUT2D eigenvalue weighted by atomic mass is 9.81. The maximum atomic E-state index is 13.4. The van der Waals surface area contributed by atoms with Gasteiger partial charge in [-0.15, -0.1) is 0 Å². The minimum absolute atomic E-state index is 0.0508. The average molecular weight is 352 g/mol. The molecule has 0 spiro atoms. The highest BCUT2D eigenvalue weighted by atomic mass is 16.4. The van der Waals surface area contributed by atoms with Crippen LogP contribution in [0.25, 0.3) is 0 Å². The van der Waals surface area contributed by atoms with Crippen LogP contribution in [0.15, 0.2) is 36.4 Å². The predicted octanol–water partition coefficient (Wildman–Crippen LogP) is 5.99. The summed E-state index contributed by atoms with van der Waals surface area (Å²) in [4.78, 5) is 25.0. The Labute approximate surface area is 156 Å². The zero-order chi connectivity index (χ0) is 19.6. The summed E-state index contributed by atoms with van der Waals surface area (Å²) in [6.45, 7) is 12.6. The number of benzene rings is 2. The van der Waals surface area contributed by atoms with E-state index in [9.17, 15) is 14.7 Å². The van der Waals surface area contributed by atoms with Crippen LogP contribution in [-0.4, -0.2) is 16.9 Å². The van der Waals surface area contributed by atoms with Gasteiger partial charge in [0.15, 0.2) is 5.78 Å². The number of carboxylic acid groups (broad SMARTS) is 1. The van der Waals surface area contributed by atoms with E-state index in [1.807, 2.05) is 0 Å². The number of carbonyl (C=O) groups is 2. The van der Waals surface area contributed by atoms with Crippen molar-refractivity contribution in [2.45, 2.75) is 59.3 Å². The highest BCUT2D eigenvalue weighted by molar-refractivity contribution is 6.15. The minimum Gasteiger partial charge on any atom is -0.478 e. The van der Waals surface area contributed by atoms with Crippen molar-refractivity contribution in [3.63, 3.8) is 0 Å². The third-order valence-electron chi connectivity index (χ3n) is 4.76. The molecule has 2 rings (SSSR count). The molecule has 0 aliphatic rings. The number of aromatic carboxylic acids is 1. The Morgan fingerprint density at radius 3 is 1.62 bits per heavy atom. The SMILES string of the molecule is CC(C)c1cc(C(C)C)c(C(=O)c2ccccc2C(=O)O)c(C(C)C)c1. The summed E-state index contributed by atoms with van der Waals surface area (Å²) >= 11 is 0. The van der Waals surface area contributed by atoms with Gasteiger partial charge in [0.1, 0.15) is 0 Å². The molecule has 3 nitrogen and oxygen atoms in total. The first-order chi connectivity index (χ1) is 12.1. The average Bonchev–Trinajstić information content (AvgIpc) is 2.59. The summed E-state index contributed by atoms with van der Waals surface area (Å²) in [6.07, 6.45) is 0. The first-order valence-corrected chi connectivity index (χ1v) is 9.19. The molecule has 0 saturated carbocycles. The fourth-order valence-corrected chi connectivity index (χ4v) is 3.22. The molecular weight excluding hydrogens is 324 g/mol. The van der Waals surface area contributed by atoms with Gasteiger partial charge < -0.3 is 5.11 Å². The van der Waals surface area contributed by atoms with Gasteiger partial charge in [-0.1, -0.05) is 71.9 Å². The van der Waals surface area contributed by atoms with Gasteiger partial charge in [0.2, 0.25) is 0 Å². The van der Waals surface area contributed by atoms with Crippen molar-refractivity contribution in [3.05, 3.63) is 69.8 Å². The lowest BCUT2D eigenvalue weighted by Gasteiger charge is -2.22. The summed E-state index contributed by atoms with van der Waals surface area (Å²) in [5.41, 5.74) is 4.15. The maximum Gasteiger partial charge on any atom is 0.336 e. The Balaban J connectivity index is 2.79. The van der Waals surface area contributed by atoms with Crippen molar-refractivity contribution in [2.24, 2.45) is 0 Å². The molecule has 138 valence electrons. The Morgan fingerprint density at radius 1 is 0.769 bits per heavy atom. The molecule has 0 atom stereocenters. The fraction of sp³-hybridized carbons (Fsp3) is 0.391. The van der Waals surface area contributed by atoms with Crippen LogP contribution in [0.1, 0.15) is 102 Å². The van der Waals surface area contributed by atoms with Gasteiger partial charge in [-0.25, -0.2) is 4.79 Å². The normalized spacial score (nSPS) is 11.4. The fourth-order valence-electron chi connectivity index (χ4n) is 3.22. The second-order valence-electron chi connectivity index (χ2n) is 7.72. The molecule has 2 aromatic rings. The number of rotatable bonds is 6. The first kappa shape index (κ1) is 19.9. The monoisotopic (exact) mass is 352 g/mol. The van der Waals surface area contributed by atoms with Gasteiger partial charge >= 0.3 is 5.97 Å². The molecule has 0 fully saturated rings. The van der Waals surface area contributed by atoms with Gasteiger partial charge in [0.25, 0.3) is 0 Å². The molecule has 2 aromatic carbocycles. The van der Waals surface area contributed by atoms with Crippen LogP contribution in [0.4, 0.5) is 0 Å². The highest BCUT2D eigenvalue weighted by Crippen LogP contribution is 2.34. The number of carboxylic acids is 1. The van der Waals surface area contributed by atoms with Crippen LogP contribution in [0.3, 0.4) is 0 Å². The summed E-state index contributed by atoms with van der Waals surface area (Å²) in [5, 5.41) is 9.48. The van der Waals surface area contributed by atoms with Crippen molar-refractivity contribution in [1.82, 2.24) is 0 Å². The topological polar surface area (TPSA) is 54.4 Å². The van der Waals surface area contributed by atoms with Gasteiger partial charge in [0.05, 0.1) is 5.56 Å². The van der Waals surface area contributed by atoms with Crippen LogP contribution in [0, 0.1) is 0 Å². The molecule has 0 aromatic heterocycles. The Kier molecular flexibility index (Phi) is 6.01. The standard InChI is InChI=1S/C23H28O3/c1-13(2)16-11-19(14(3)4)21(20(12-16)15(5)6)22(24)17-9-7-8-10-18(17)23(25)26/h7-15H,1-6H3,(H,25,26). The second-order valence-corrected chi connectivity index (χ2v) is 7.72. The van der Waals surface area contributed by atoms with Gasteiger partial charge in [-0.05, 0) is 40.5 Å². The summed E-state index contributed by atoms with van der Waals surface area (Å²) in [6, 6.07) is 10.7. The van der Waals surface area contributed by atoms with E-state index in [-0.39, 0.29) is 28.7 Å². The lowest BCUT2D eigenvalue weighted by molar-refractivity contribution is 0.0692. The van der Waals surface area contributed by atoms with E-state index in [0.29, 0.717) is 11.5 Å². The summed E-state index contributed by atoms with van der Waals surface area (Å²) < 4.78 is 0. The molecule has 0 amide bonds. The third kappa shape index (κ3) is 3.87. The third-order valence-corrected chi connectivity index (χ3v) is 4.76. The predicted molar refractivity (Wildman–Crippen MR) is 106 cm³/mol. The molecule has 1 N–H and O–H groups in total. The van der Waals surface area contributed by atoms with E-state index >= 15 is 0 Å². The van der Waals surface area contributed by atoms with E-state index in [4.69, 9.17) is 0 Å². The van der Waals surface area contributed by atoms with Crippen molar-refractivity contribution in [3.8, 4) is 0 Å². The van der Waals surface area contributed by atoms with Crippen LogP contribution >= 0.6 is 0 Å². The van der Waals surface area contributed by atoms with E-state index in [1.165, 1.54) is 11.6 Å². The molecule has 0 heterocycles. The largest absolute Gasteiger partial charge is 0.478 e. The van der Waals surface area contributed by atoms with Gasteiger partial charge in [-0.2, -0.15) is 0 Å². The smallest absolute Gasteiger partial charge is 0.336 e. The number of ketones is 1. The zero-order valence-electron chi connectivity index (χ0n) is 16.5. The van der Waals surface area contributed by atoms with Crippen molar-refractivity contribution in [1.29, 1.82) is 0 Å². The minimum atomic E-state index is -1.08. The molecule has 0 saturated heterocycles. The quantitative estimate of drug-likeness (QED) is 0.650. The van der Waals surface area contributed by atoms with E-state index < -0.39 is 5.97 Å². The molecule has 0 radical (unpaired) electrons. The number of hydrogen-bond acceptors (Lipinski definition) is 2. The molecule has 3 heteroatoms. The van der Waals surface area contributed by atoms with E-state index in [2.05, 4.69) is 53.7 Å². The summed E-state index contributed by atoms with van der Waals surface area (Å²) in [5.74, 6) is -0.583. The molecule has 0 bridgehead atoms. The highest BCUT2D eigenvalue weighted by Gasteiger charge is 2.25. The van der Waals surface area contributed by atoms with Gasteiger partial charge in [0, 0.05) is 11.1 Å². The van der Waals surface area contributed by atoms with Crippen molar-refractivity contribution >= 4 is 11.8 Å². The number of hydrogen-bond donors (Lipinski definition) is 1. The van der Waals surface area contributed by atoms with Crippen LogP contribution in [-0.2, 0) is 0 Å². The van der Waals surface area contributed by atoms with E-state index in [1.54, 1.807) is 18.2 Å². The Bertz CT molecular complexity index is 800. The van der Waals surface area contributed by atoms with Crippen molar-refractivity contribution < 1.29 is 14.7 Å². The van der Waals surface area contributed by atoms with Crippen LogP contribution in [0.2, 0.25) is 0 Å². The first-order valence-electron chi connectivity index (χ1n) is 9.19. The lowest BCUT2D eigenvalue weighted by Crippen LogP contribution is -2.16. The van der Waals surface area contributed by atoms with Crippen molar-refractivity contribution in [2.75, 3.05) is 0 Å². The Hall–Kier alpha value is -2.42. The second kappa shape index (κ2) is 7.86. The van der Waals surface area contributed by atoms with Gasteiger partial charge in [-0.3, -0.25) is 4.79 Å². The van der Waals surface area contributed by atoms with Crippen LogP contribution in [0.5, 0.6) is 0 Å². The summed E-state index contributed by atoms with van der Waals surface area (Å²) in [7, 11) is 0. The zero-order valence-corrected chi connectivity index (χ0v) is 16.5. The van der Waals surface area contributed by atoms with E-state index in [0.717, 1.165) is 11.1 Å². The molecule has 0 aliphatic carbocycles. The van der Waals surface area contributed by atoms with Crippen LogP contribution < -0.4 is 0 Å². The molecule has 26 heavy (non-hydrogen) atoms. The molecule has 0 aliphatic heterocycles. The maximum absolute atomic E-state index is 13.4. The number of carbonyl (C=O) groups excluding carboxylic acids is 1. The molecular formula is C23H28O3.